The summed E-state index contributed by atoms with van der Waals surface area (Å²) >= 11 is 0. The predicted molar refractivity (Wildman–Crippen MR) is 107 cm³/mol. The maximum atomic E-state index is 11.4. The molecule has 0 radical (unpaired) electrons. The van der Waals surface area contributed by atoms with E-state index in [1.807, 2.05) is 0 Å². The number of benzene rings is 2. The molecule has 0 aliphatic rings. The molecule has 0 aliphatic heterocycles. The second-order valence-electron chi connectivity index (χ2n) is 5.70. The number of rotatable bonds is 8. The van der Waals surface area contributed by atoms with Crippen molar-refractivity contribution in [3.8, 4) is 17.2 Å². The van der Waals surface area contributed by atoms with E-state index >= 15 is 0 Å². The lowest BCUT2D eigenvalue weighted by Gasteiger charge is -2.13. The second-order valence-corrected chi connectivity index (χ2v) is 7.26. The van der Waals surface area contributed by atoms with E-state index in [0.29, 0.717) is 5.56 Å². The number of nitrogens with two attached hydrogens (primary N) is 1. The number of hydrazone groups is 1. The number of ether oxygens (including phenoxy) is 3. The van der Waals surface area contributed by atoms with Crippen molar-refractivity contribution < 1.29 is 32.3 Å². The SMILES string of the molecule is COc1cc(/C=N/Nc2ccc(S(N)(=O)=O)cc2[N+](=O)[O-])cc(OC)c1OC(C)=O. The van der Waals surface area contributed by atoms with Gasteiger partial charge in [0, 0.05) is 18.6 Å². The number of carbonyl (C=O) groups excluding carboxylic acids is 1. The molecular formula is C17H18N4O8S. The molecule has 0 spiro atoms. The van der Waals surface area contributed by atoms with Crippen molar-refractivity contribution >= 4 is 33.6 Å². The Hall–Kier alpha value is -3.71. The van der Waals surface area contributed by atoms with E-state index in [2.05, 4.69) is 10.5 Å². The summed E-state index contributed by atoms with van der Waals surface area (Å²) in [6.45, 7) is 1.23. The zero-order chi connectivity index (χ0) is 22.5. The van der Waals surface area contributed by atoms with Gasteiger partial charge in [0.25, 0.3) is 5.69 Å². The number of nitro groups is 1. The molecule has 2 aromatic rings. The quantitative estimate of drug-likeness (QED) is 0.204. The Morgan fingerprint density at radius 1 is 1.20 bits per heavy atom. The van der Waals surface area contributed by atoms with Crippen molar-refractivity contribution in [2.24, 2.45) is 10.2 Å². The minimum atomic E-state index is -4.10. The minimum Gasteiger partial charge on any atom is -0.493 e. The fraction of sp³-hybridized carbons (Fsp3) is 0.176. The van der Waals surface area contributed by atoms with Crippen LogP contribution in [0.15, 0.2) is 40.3 Å². The Balaban J connectivity index is 2.35. The van der Waals surface area contributed by atoms with Crippen LogP contribution in [-0.2, 0) is 14.8 Å². The highest BCUT2D eigenvalue weighted by Crippen LogP contribution is 2.38. The van der Waals surface area contributed by atoms with Crippen LogP contribution in [0.25, 0.3) is 0 Å². The third-order valence-electron chi connectivity index (χ3n) is 3.62. The van der Waals surface area contributed by atoms with Crippen LogP contribution >= 0.6 is 0 Å². The van der Waals surface area contributed by atoms with Gasteiger partial charge in [-0.15, -0.1) is 0 Å². The molecular weight excluding hydrogens is 420 g/mol. The summed E-state index contributed by atoms with van der Waals surface area (Å²) in [5, 5.41) is 20.1. The molecule has 0 atom stereocenters. The summed E-state index contributed by atoms with van der Waals surface area (Å²) in [6, 6.07) is 6.11. The maximum Gasteiger partial charge on any atom is 0.308 e. The highest BCUT2D eigenvalue weighted by Gasteiger charge is 2.19. The van der Waals surface area contributed by atoms with Gasteiger partial charge in [-0.2, -0.15) is 5.10 Å². The summed E-state index contributed by atoms with van der Waals surface area (Å²) in [5.41, 5.74) is 2.34. The van der Waals surface area contributed by atoms with Crippen LogP contribution in [0.2, 0.25) is 0 Å². The number of methoxy groups -OCH3 is 2. The van der Waals surface area contributed by atoms with Crippen molar-refractivity contribution in [3.05, 3.63) is 46.0 Å². The Bertz CT molecular complexity index is 1090. The fourth-order valence-corrected chi connectivity index (χ4v) is 2.86. The van der Waals surface area contributed by atoms with E-state index in [1.165, 1.54) is 45.6 Å². The molecule has 0 aliphatic carbocycles. The number of anilines is 1. The van der Waals surface area contributed by atoms with Crippen LogP contribution in [0.3, 0.4) is 0 Å². The maximum absolute atomic E-state index is 11.4. The monoisotopic (exact) mass is 438 g/mol. The second kappa shape index (κ2) is 9.19. The molecule has 0 fully saturated rings. The van der Waals surface area contributed by atoms with Gasteiger partial charge in [-0.1, -0.05) is 0 Å². The third kappa shape index (κ3) is 5.42. The van der Waals surface area contributed by atoms with Gasteiger partial charge in [0.2, 0.25) is 15.8 Å². The predicted octanol–water partition coefficient (Wildman–Crippen LogP) is 1.63. The molecule has 3 N–H and O–H groups in total. The molecule has 2 aromatic carbocycles. The Morgan fingerprint density at radius 2 is 1.80 bits per heavy atom. The van der Waals surface area contributed by atoms with Crippen LogP contribution in [0.4, 0.5) is 11.4 Å². The molecule has 0 amide bonds. The van der Waals surface area contributed by atoms with E-state index in [-0.39, 0.29) is 22.9 Å². The van der Waals surface area contributed by atoms with Gasteiger partial charge >= 0.3 is 5.97 Å². The Labute approximate surface area is 171 Å². The summed E-state index contributed by atoms with van der Waals surface area (Å²) < 4.78 is 38.2. The molecule has 0 heterocycles. The van der Waals surface area contributed by atoms with E-state index in [9.17, 15) is 23.3 Å². The number of carbonyl (C=O) groups is 1. The van der Waals surface area contributed by atoms with Crippen molar-refractivity contribution in [3.63, 3.8) is 0 Å². The van der Waals surface area contributed by atoms with E-state index < -0.39 is 31.5 Å². The minimum absolute atomic E-state index is 0.0564. The molecule has 0 unspecified atom stereocenters. The average Bonchev–Trinajstić information content (AvgIpc) is 2.67. The van der Waals surface area contributed by atoms with Crippen molar-refractivity contribution in [2.75, 3.05) is 19.6 Å². The normalized spacial score (nSPS) is 11.2. The van der Waals surface area contributed by atoms with Crippen LogP contribution in [0.1, 0.15) is 12.5 Å². The average molecular weight is 438 g/mol. The summed E-state index contributed by atoms with van der Waals surface area (Å²) in [6.07, 6.45) is 1.31. The first-order chi connectivity index (χ1) is 14.1. The van der Waals surface area contributed by atoms with Gasteiger partial charge in [-0.3, -0.25) is 20.3 Å². The number of esters is 1. The van der Waals surface area contributed by atoms with Gasteiger partial charge in [0.15, 0.2) is 11.5 Å². The first kappa shape index (κ1) is 22.6. The highest BCUT2D eigenvalue weighted by atomic mass is 32.2. The first-order valence-electron chi connectivity index (χ1n) is 8.11. The summed E-state index contributed by atoms with van der Waals surface area (Å²) in [5.74, 6) is -0.0688. The topological polar surface area (TPSA) is 172 Å². The number of hydrogen-bond acceptors (Lipinski definition) is 10. The molecule has 13 heteroatoms. The Morgan fingerprint density at radius 3 is 2.27 bits per heavy atom. The summed E-state index contributed by atoms with van der Waals surface area (Å²) in [7, 11) is -1.36. The van der Waals surface area contributed by atoms with Gasteiger partial charge in [-0.05, 0) is 24.3 Å². The van der Waals surface area contributed by atoms with Crippen LogP contribution in [0, 0.1) is 10.1 Å². The van der Waals surface area contributed by atoms with Crippen molar-refractivity contribution in [2.45, 2.75) is 11.8 Å². The number of nitrogens with zero attached hydrogens (tertiary/aromatic N) is 2. The smallest absolute Gasteiger partial charge is 0.308 e. The number of nitrogens with one attached hydrogen (secondary N) is 1. The zero-order valence-electron chi connectivity index (χ0n) is 16.1. The standard InChI is InChI=1S/C17H18N4O8S/c1-10(22)29-17-15(27-2)6-11(7-16(17)28-3)9-19-20-13-5-4-12(30(18,25)26)8-14(13)21(23)24/h4-9,20H,1-3H3,(H2,18,25,26)/b19-9+. The fourth-order valence-electron chi connectivity index (χ4n) is 2.33. The number of sulfonamides is 1. The molecule has 0 aromatic heterocycles. The lowest BCUT2D eigenvalue weighted by Crippen LogP contribution is -2.12. The highest BCUT2D eigenvalue weighted by molar-refractivity contribution is 7.89. The van der Waals surface area contributed by atoms with Crippen LogP contribution < -0.4 is 24.8 Å². The lowest BCUT2D eigenvalue weighted by molar-refractivity contribution is -0.384. The van der Waals surface area contributed by atoms with Gasteiger partial charge in [0.1, 0.15) is 5.69 Å². The van der Waals surface area contributed by atoms with Crippen molar-refractivity contribution in [1.82, 2.24) is 0 Å². The van der Waals surface area contributed by atoms with E-state index in [1.54, 1.807) is 0 Å². The number of nitro benzene ring substituents is 1. The van der Waals surface area contributed by atoms with E-state index in [0.717, 1.165) is 12.1 Å². The molecule has 12 nitrogen and oxygen atoms in total. The van der Waals surface area contributed by atoms with Crippen LogP contribution in [-0.4, -0.2) is 39.7 Å². The van der Waals surface area contributed by atoms with Crippen molar-refractivity contribution in [1.29, 1.82) is 0 Å². The largest absolute Gasteiger partial charge is 0.493 e. The molecule has 0 bridgehead atoms. The molecule has 160 valence electrons. The molecule has 30 heavy (non-hydrogen) atoms. The number of primary sulfonamides is 1. The number of hydrogen-bond donors (Lipinski definition) is 2. The van der Waals surface area contributed by atoms with Gasteiger partial charge in [0.05, 0.1) is 30.3 Å². The van der Waals surface area contributed by atoms with Gasteiger partial charge in [-0.25, -0.2) is 13.6 Å². The first-order valence-corrected chi connectivity index (χ1v) is 9.66. The Kier molecular flexibility index (Phi) is 6.92. The van der Waals surface area contributed by atoms with Crippen LogP contribution in [0.5, 0.6) is 17.2 Å². The zero-order valence-corrected chi connectivity index (χ0v) is 16.9. The lowest BCUT2D eigenvalue weighted by atomic mass is 10.2. The van der Waals surface area contributed by atoms with Gasteiger partial charge < -0.3 is 14.2 Å². The summed E-state index contributed by atoms with van der Waals surface area (Å²) in [4.78, 5) is 21.3. The molecule has 2 rings (SSSR count). The molecule has 0 saturated heterocycles. The third-order valence-corrected chi connectivity index (χ3v) is 4.53. The molecule has 0 saturated carbocycles. The van der Waals surface area contributed by atoms with E-state index in [4.69, 9.17) is 19.3 Å².